The predicted molar refractivity (Wildman–Crippen MR) is 70.4 cm³/mol. The number of amides is 2. The summed E-state index contributed by atoms with van der Waals surface area (Å²) in [6.45, 7) is 6.14. The highest BCUT2D eigenvalue weighted by Crippen LogP contribution is 2.07. The first kappa shape index (κ1) is 16.7. The van der Waals surface area contributed by atoms with Crippen LogP contribution in [-0.2, 0) is 9.53 Å². The number of likely N-dealkylation sites (N-methyl/N-ethyl adjacent to an activating group) is 1. The van der Waals surface area contributed by atoms with Gasteiger partial charge in [-0.15, -0.1) is 0 Å². The monoisotopic (exact) mass is 259 g/mol. The lowest BCUT2D eigenvalue weighted by Gasteiger charge is -2.23. The maximum atomic E-state index is 11.6. The summed E-state index contributed by atoms with van der Waals surface area (Å²) in [5.74, 6) is -0.211. The highest BCUT2D eigenvalue weighted by molar-refractivity contribution is 5.85. The van der Waals surface area contributed by atoms with Crippen molar-refractivity contribution in [2.75, 3.05) is 20.6 Å². The molecule has 0 rings (SSSR count). The number of carbonyl (C=O) groups excluding carboxylic acids is 2. The van der Waals surface area contributed by atoms with Gasteiger partial charge in [0.25, 0.3) is 0 Å². The van der Waals surface area contributed by atoms with Crippen LogP contribution in [0.3, 0.4) is 0 Å². The van der Waals surface area contributed by atoms with E-state index in [0.717, 1.165) is 13.0 Å². The Hall–Kier alpha value is -1.30. The zero-order valence-corrected chi connectivity index (χ0v) is 11.9. The Morgan fingerprint density at radius 2 is 1.83 bits per heavy atom. The van der Waals surface area contributed by atoms with Gasteiger partial charge in [-0.05, 0) is 47.2 Å². The van der Waals surface area contributed by atoms with E-state index in [4.69, 9.17) is 4.74 Å². The van der Waals surface area contributed by atoms with Gasteiger partial charge in [0.2, 0.25) is 5.91 Å². The Balaban J connectivity index is 4.31. The second kappa shape index (κ2) is 7.92. The van der Waals surface area contributed by atoms with E-state index in [-0.39, 0.29) is 5.91 Å². The van der Waals surface area contributed by atoms with Crippen LogP contribution < -0.4 is 16.0 Å². The first-order valence-corrected chi connectivity index (χ1v) is 6.16. The molecule has 2 amide bonds. The van der Waals surface area contributed by atoms with Gasteiger partial charge in [0.05, 0.1) is 0 Å². The second-order valence-electron chi connectivity index (χ2n) is 5.06. The molecule has 106 valence electrons. The third-order valence-electron chi connectivity index (χ3n) is 2.17. The number of hydrogen-bond donors (Lipinski definition) is 3. The molecule has 0 radical (unpaired) electrons. The Bertz CT molecular complexity index is 274. The normalized spacial score (nSPS) is 12.7. The maximum Gasteiger partial charge on any atom is 0.408 e. The van der Waals surface area contributed by atoms with Crippen LogP contribution in [0.5, 0.6) is 0 Å². The van der Waals surface area contributed by atoms with E-state index >= 15 is 0 Å². The maximum absolute atomic E-state index is 11.6. The van der Waals surface area contributed by atoms with Crippen LogP contribution >= 0.6 is 0 Å². The number of ether oxygens (including phenoxy) is 1. The molecule has 0 aromatic heterocycles. The fourth-order valence-corrected chi connectivity index (χ4v) is 1.38. The number of nitrogens with one attached hydrogen (secondary N) is 3. The zero-order valence-electron chi connectivity index (χ0n) is 11.9. The van der Waals surface area contributed by atoms with Crippen LogP contribution in [0.25, 0.3) is 0 Å². The van der Waals surface area contributed by atoms with Gasteiger partial charge >= 0.3 is 6.09 Å². The molecule has 3 N–H and O–H groups in total. The van der Waals surface area contributed by atoms with Crippen molar-refractivity contribution in [1.82, 2.24) is 16.0 Å². The Morgan fingerprint density at radius 1 is 1.22 bits per heavy atom. The molecule has 0 aliphatic heterocycles. The largest absolute Gasteiger partial charge is 0.444 e. The molecule has 6 nitrogen and oxygen atoms in total. The standard InChI is InChI=1S/C12H25N3O3/c1-12(2,3)18-11(17)15-9(10(16)14-5)7-6-8-13-4/h9,13H,6-8H2,1-5H3,(H,14,16)(H,15,17). The molecule has 6 heteroatoms. The molecule has 0 heterocycles. The second-order valence-corrected chi connectivity index (χ2v) is 5.06. The Labute approximate surface area is 109 Å². The number of hydrogen-bond acceptors (Lipinski definition) is 4. The van der Waals surface area contributed by atoms with Crippen LogP contribution in [0.1, 0.15) is 33.6 Å². The van der Waals surface area contributed by atoms with Crippen molar-refractivity contribution in [3.8, 4) is 0 Å². The lowest BCUT2D eigenvalue weighted by atomic mass is 10.1. The zero-order chi connectivity index (χ0) is 14.2. The molecule has 1 atom stereocenters. The molecule has 0 aliphatic carbocycles. The van der Waals surface area contributed by atoms with Crippen molar-refractivity contribution >= 4 is 12.0 Å². The summed E-state index contributed by atoms with van der Waals surface area (Å²) in [6.07, 6.45) is 0.796. The molecule has 0 fully saturated rings. The number of carbonyl (C=O) groups is 2. The van der Waals surface area contributed by atoms with Crippen molar-refractivity contribution in [3.05, 3.63) is 0 Å². The van der Waals surface area contributed by atoms with E-state index in [1.54, 1.807) is 27.8 Å². The molecular weight excluding hydrogens is 234 g/mol. The lowest BCUT2D eigenvalue weighted by Crippen LogP contribution is -2.47. The molecule has 0 aliphatic rings. The smallest absolute Gasteiger partial charge is 0.408 e. The van der Waals surface area contributed by atoms with Crippen LogP contribution in [0.4, 0.5) is 4.79 Å². The van der Waals surface area contributed by atoms with Gasteiger partial charge in [-0.25, -0.2) is 4.79 Å². The van der Waals surface area contributed by atoms with Crippen molar-refractivity contribution < 1.29 is 14.3 Å². The third kappa shape index (κ3) is 7.89. The van der Waals surface area contributed by atoms with Gasteiger partial charge in [-0.3, -0.25) is 4.79 Å². The van der Waals surface area contributed by atoms with Gasteiger partial charge in [-0.1, -0.05) is 0 Å². The Morgan fingerprint density at radius 3 is 2.28 bits per heavy atom. The molecule has 1 unspecified atom stereocenters. The van der Waals surface area contributed by atoms with Crippen LogP contribution in [0.15, 0.2) is 0 Å². The van der Waals surface area contributed by atoms with E-state index in [0.29, 0.717) is 6.42 Å². The first-order chi connectivity index (χ1) is 8.30. The summed E-state index contributed by atoms with van der Waals surface area (Å²) in [5, 5.41) is 8.11. The third-order valence-corrected chi connectivity index (χ3v) is 2.17. The molecule has 0 aromatic rings. The first-order valence-electron chi connectivity index (χ1n) is 6.16. The average molecular weight is 259 g/mol. The van der Waals surface area contributed by atoms with E-state index in [1.807, 2.05) is 7.05 Å². The molecular formula is C12H25N3O3. The van der Waals surface area contributed by atoms with Gasteiger partial charge < -0.3 is 20.7 Å². The highest BCUT2D eigenvalue weighted by atomic mass is 16.6. The van der Waals surface area contributed by atoms with Gasteiger partial charge in [0.15, 0.2) is 0 Å². The summed E-state index contributed by atoms with van der Waals surface area (Å²) in [4.78, 5) is 23.2. The summed E-state index contributed by atoms with van der Waals surface area (Å²) < 4.78 is 5.12. The van der Waals surface area contributed by atoms with Crippen molar-refractivity contribution in [2.45, 2.75) is 45.3 Å². The molecule has 0 saturated carbocycles. The van der Waals surface area contributed by atoms with Gasteiger partial charge in [0, 0.05) is 7.05 Å². The van der Waals surface area contributed by atoms with E-state index in [9.17, 15) is 9.59 Å². The van der Waals surface area contributed by atoms with E-state index < -0.39 is 17.7 Å². The van der Waals surface area contributed by atoms with E-state index in [1.165, 1.54) is 0 Å². The fraction of sp³-hybridized carbons (Fsp3) is 0.833. The molecule has 0 saturated heterocycles. The van der Waals surface area contributed by atoms with Gasteiger partial charge in [-0.2, -0.15) is 0 Å². The molecule has 0 bridgehead atoms. The van der Waals surface area contributed by atoms with Crippen LogP contribution in [-0.4, -0.2) is 44.3 Å². The van der Waals surface area contributed by atoms with Crippen LogP contribution in [0, 0.1) is 0 Å². The summed E-state index contributed by atoms with van der Waals surface area (Å²) in [5.41, 5.74) is -0.567. The predicted octanol–water partition coefficient (Wildman–Crippen LogP) is 0.625. The quantitative estimate of drug-likeness (QED) is 0.611. The minimum Gasteiger partial charge on any atom is -0.444 e. The molecule has 0 aromatic carbocycles. The minimum absolute atomic E-state index is 0.211. The summed E-state index contributed by atoms with van der Waals surface area (Å²) >= 11 is 0. The lowest BCUT2D eigenvalue weighted by molar-refractivity contribution is -0.122. The van der Waals surface area contributed by atoms with Crippen molar-refractivity contribution in [1.29, 1.82) is 0 Å². The molecule has 0 spiro atoms. The van der Waals surface area contributed by atoms with E-state index in [2.05, 4.69) is 16.0 Å². The summed E-state index contributed by atoms with van der Waals surface area (Å²) in [6, 6.07) is -0.557. The SMILES string of the molecule is CNCCCC(NC(=O)OC(C)(C)C)C(=O)NC. The Kier molecular flexibility index (Phi) is 7.35. The summed E-state index contributed by atoms with van der Waals surface area (Å²) in [7, 11) is 3.39. The number of rotatable bonds is 6. The molecule has 18 heavy (non-hydrogen) atoms. The minimum atomic E-state index is -0.569. The fourth-order valence-electron chi connectivity index (χ4n) is 1.38. The highest BCUT2D eigenvalue weighted by Gasteiger charge is 2.23. The topological polar surface area (TPSA) is 79.5 Å². The average Bonchev–Trinajstić information content (AvgIpc) is 2.24. The van der Waals surface area contributed by atoms with Crippen LogP contribution in [0.2, 0.25) is 0 Å². The number of alkyl carbamates (subject to hydrolysis) is 1. The van der Waals surface area contributed by atoms with Gasteiger partial charge in [0.1, 0.15) is 11.6 Å². The van der Waals surface area contributed by atoms with Crippen molar-refractivity contribution in [2.24, 2.45) is 0 Å². The van der Waals surface area contributed by atoms with Crippen molar-refractivity contribution in [3.63, 3.8) is 0 Å².